The van der Waals surface area contributed by atoms with E-state index in [1.807, 2.05) is 0 Å². The molecule has 6 aliphatic rings. The van der Waals surface area contributed by atoms with Gasteiger partial charge in [-0.3, -0.25) is 0 Å². The Labute approximate surface area is 149 Å². The minimum Gasteiger partial charge on any atom is -0.0622 e. The van der Waals surface area contributed by atoms with Gasteiger partial charge in [0.25, 0.3) is 0 Å². The highest BCUT2D eigenvalue weighted by Crippen LogP contribution is 2.82. The maximum Gasteiger partial charge on any atom is -0.0210 e. The van der Waals surface area contributed by atoms with E-state index in [9.17, 15) is 0 Å². The Morgan fingerprint density at radius 3 is 2.17 bits per heavy atom. The van der Waals surface area contributed by atoms with Crippen molar-refractivity contribution >= 4 is 0 Å². The fourth-order valence-corrected chi connectivity index (χ4v) is 10.5. The van der Waals surface area contributed by atoms with Crippen LogP contribution in [0.5, 0.6) is 0 Å². The monoisotopic (exact) mass is 326 g/mol. The fourth-order valence-electron chi connectivity index (χ4n) is 10.5. The average molecular weight is 327 g/mol. The molecule has 0 heteroatoms. The molecule has 24 heavy (non-hydrogen) atoms. The predicted octanol–water partition coefficient (Wildman–Crippen LogP) is 6.69. The van der Waals surface area contributed by atoms with E-state index in [1.54, 1.807) is 70.6 Å². The summed E-state index contributed by atoms with van der Waals surface area (Å²) in [5, 5.41) is 0. The maximum absolute atomic E-state index is 2.81. The van der Waals surface area contributed by atoms with Crippen molar-refractivity contribution < 1.29 is 0 Å². The Hall–Kier alpha value is 0. The molecule has 0 bridgehead atoms. The van der Waals surface area contributed by atoms with E-state index in [2.05, 4.69) is 13.8 Å². The van der Waals surface area contributed by atoms with Gasteiger partial charge in [-0.05, 0) is 110 Å². The van der Waals surface area contributed by atoms with Gasteiger partial charge in [0.15, 0.2) is 0 Å². The smallest absolute Gasteiger partial charge is 0.0210 e. The van der Waals surface area contributed by atoms with E-state index >= 15 is 0 Å². The van der Waals surface area contributed by atoms with Crippen molar-refractivity contribution in [1.29, 1.82) is 0 Å². The van der Waals surface area contributed by atoms with E-state index in [0.29, 0.717) is 0 Å². The lowest BCUT2D eigenvalue weighted by Gasteiger charge is -2.60. The molecule has 6 saturated carbocycles. The highest BCUT2D eigenvalue weighted by atomic mass is 14.8. The number of fused-ring (bicyclic) bond motifs is 9. The minimum absolute atomic E-state index is 0.749. The molecule has 9 atom stereocenters. The fraction of sp³-hybridized carbons (Fsp3) is 1.00. The van der Waals surface area contributed by atoms with Crippen molar-refractivity contribution in [3.05, 3.63) is 0 Å². The predicted molar refractivity (Wildman–Crippen MR) is 99.5 cm³/mol. The van der Waals surface area contributed by atoms with Gasteiger partial charge in [-0.1, -0.05) is 39.5 Å². The van der Waals surface area contributed by atoms with E-state index in [-0.39, 0.29) is 0 Å². The zero-order chi connectivity index (χ0) is 16.1. The largest absolute Gasteiger partial charge is 0.0622 e. The summed E-state index contributed by atoms with van der Waals surface area (Å²) in [4.78, 5) is 0. The molecule has 0 N–H and O–H groups in total. The number of hydrogen-bond acceptors (Lipinski definition) is 0. The standard InChI is InChI=1S/C24H38/c1-15-13-19-18(17-8-4-3-7-16(15)17)9-12-23(2)22(19)20-14-21(20)24(23)10-5-6-11-24/h15-22H,3-14H2,1-2H3/t15-,16?,17?,18?,19?,20?,21?,22?,23+/m1/s1. The molecule has 1 spiro atoms. The lowest BCUT2D eigenvalue weighted by Crippen LogP contribution is -2.53. The number of rotatable bonds is 0. The van der Waals surface area contributed by atoms with Gasteiger partial charge in [-0.25, -0.2) is 0 Å². The van der Waals surface area contributed by atoms with Crippen LogP contribution in [0, 0.1) is 58.2 Å². The first-order valence-corrected chi connectivity index (χ1v) is 11.7. The summed E-state index contributed by atoms with van der Waals surface area (Å²) in [6.07, 6.45) is 19.1. The third kappa shape index (κ3) is 1.64. The lowest BCUT2D eigenvalue weighted by molar-refractivity contribution is -0.116. The molecule has 0 radical (unpaired) electrons. The van der Waals surface area contributed by atoms with Crippen molar-refractivity contribution in [2.24, 2.45) is 58.2 Å². The van der Waals surface area contributed by atoms with Crippen LogP contribution in [0.4, 0.5) is 0 Å². The van der Waals surface area contributed by atoms with Crippen LogP contribution in [-0.4, -0.2) is 0 Å². The van der Waals surface area contributed by atoms with Crippen molar-refractivity contribution in [1.82, 2.24) is 0 Å². The Bertz CT molecular complexity index is 528. The second-order valence-electron chi connectivity index (χ2n) is 11.5. The van der Waals surface area contributed by atoms with Crippen LogP contribution >= 0.6 is 0 Å². The van der Waals surface area contributed by atoms with Gasteiger partial charge in [0.1, 0.15) is 0 Å². The normalized spacial score (nSPS) is 60.2. The molecule has 0 aromatic rings. The molecule has 0 aliphatic heterocycles. The molecular weight excluding hydrogens is 288 g/mol. The van der Waals surface area contributed by atoms with Crippen molar-refractivity contribution in [3.63, 3.8) is 0 Å². The van der Waals surface area contributed by atoms with Gasteiger partial charge < -0.3 is 0 Å². The summed E-state index contributed by atoms with van der Waals surface area (Å²) in [6, 6.07) is 0. The number of hydrogen-bond donors (Lipinski definition) is 0. The molecule has 0 nitrogen and oxygen atoms in total. The van der Waals surface area contributed by atoms with E-state index < -0.39 is 0 Å². The topological polar surface area (TPSA) is 0 Å². The van der Waals surface area contributed by atoms with Crippen molar-refractivity contribution in [2.45, 2.75) is 90.9 Å². The molecular formula is C24H38. The first-order chi connectivity index (χ1) is 11.7. The highest BCUT2D eigenvalue weighted by molar-refractivity contribution is 5.23. The van der Waals surface area contributed by atoms with E-state index in [4.69, 9.17) is 0 Å². The highest BCUT2D eigenvalue weighted by Gasteiger charge is 2.75. The van der Waals surface area contributed by atoms with Crippen LogP contribution in [-0.2, 0) is 0 Å². The van der Waals surface area contributed by atoms with E-state index in [0.717, 1.165) is 46.3 Å². The van der Waals surface area contributed by atoms with Crippen LogP contribution in [0.15, 0.2) is 0 Å². The Balaban J connectivity index is 1.37. The summed E-state index contributed by atoms with van der Waals surface area (Å²) in [6.45, 7) is 5.46. The second kappa shape index (κ2) is 4.83. The van der Waals surface area contributed by atoms with Crippen LogP contribution in [0.25, 0.3) is 0 Å². The zero-order valence-electron chi connectivity index (χ0n) is 16.1. The average Bonchev–Trinajstić information content (AvgIpc) is 3.14. The Morgan fingerprint density at radius 2 is 1.38 bits per heavy atom. The molecule has 0 heterocycles. The van der Waals surface area contributed by atoms with Gasteiger partial charge in [-0.15, -0.1) is 0 Å². The third-order valence-electron chi connectivity index (χ3n) is 11.2. The summed E-state index contributed by atoms with van der Waals surface area (Å²) in [5.74, 6) is 9.05. The minimum atomic E-state index is 0.749. The van der Waals surface area contributed by atoms with Crippen LogP contribution in [0.1, 0.15) is 90.9 Å². The van der Waals surface area contributed by atoms with Crippen LogP contribution in [0.3, 0.4) is 0 Å². The first-order valence-electron chi connectivity index (χ1n) is 11.7. The zero-order valence-corrected chi connectivity index (χ0v) is 16.1. The molecule has 6 aliphatic carbocycles. The SMILES string of the molecule is C[C@@H]1CC2C(CC[C@@]3(C)C2C2CC2C32CCCC2)C2CCCCC21. The third-order valence-corrected chi connectivity index (χ3v) is 11.2. The summed E-state index contributed by atoms with van der Waals surface area (Å²) in [5.41, 5.74) is 1.57. The maximum atomic E-state index is 2.81. The van der Waals surface area contributed by atoms with Crippen molar-refractivity contribution in [2.75, 3.05) is 0 Å². The summed E-state index contributed by atoms with van der Waals surface area (Å²) >= 11 is 0. The van der Waals surface area contributed by atoms with Gasteiger partial charge in [-0.2, -0.15) is 0 Å². The molecule has 6 fully saturated rings. The van der Waals surface area contributed by atoms with Crippen molar-refractivity contribution in [3.8, 4) is 0 Å². The molecule has 0 amide bonds. The molecule has 7 unspecified atom stereocenters. The second-order valence-corrected chi connectivity index (χ2v) is 11.5. The van der Waals surface area contributed by atoms with Gasteiger partial charge in [0.2, 0.25) is 0 Å². The lowest BCUT2D eigenvalue weighted by atomic mass is 9.44. The summed E-state index contributed by atoms with van der Waals surface area (Å²) < 4.78 is 0. The molecule has 0 aromatic carbocycles. The molecule has 134 valence electrons. The van der Waals surface area contributed by atoms with Gasteiger partial charge >= 0.3 is 0 Å². The first kappa shape index (κ1) is 15.1. The van der Waals surface area contributed by atoms with Crippen LogP contribution < -0.4 is 0 Å². The van der Waals surface area contributed by atoms with Gasteiger partial charge in [0.05, 0.1) is 0 Å². The van der Waals surface area contributed by atoms with Crippen LogP contribution in [0.2, 0.25) is 0 Å². The Morgan fingerprint density at radius 1 is 0.667 bits per heavy atom. The summed E-state index contributed by atoms with van der Waals surface area (Å²) in [7, 11) is 0. The molecule has 6 rings (SSSR count). The van der Waals surface area contributed by atoms with Gasteiger partial charge in [0, 0.05) is 0 Å². The quantitative estimate of drug-likeness (QED) is 0.465. The Kier molecular flexibility index (Phi) is 3.04. The van der Waals surface area contributed by atoms with E-state index in [1.165, 1.54) is 18.3 Å². The molecule has 0 aromatic heterocycles. The molecule has 0 saturated heterocycles.